The molecule has 3 aromatic rings. The van der Waals surface area contributed by atoms with Crippen LogP contribution in [0.15, 0.2) is 72.8 Å². The molecule has 0 bridgehead atoms. The Morgan fingerprint density at radius 3 is 2.37 bits per heavy atom. The number of hydrogen-bond donors (Lipinski definition) is 2. The van der Waals surface area contributed by atoms with E-state index in [-0.39, 0.29) is 13.2 Å². The molecule has 0 heterocycles. The Morgan fingerprint density at radius 2 is 1.57 bits per heavy atom. The fourth-order valence-electron chi connectivity index (χ4n) is 3.08. The van der Waals surface area contributed by atoms with Gasteiger partial charge >= 0.3 is 11.8 Å². The van der Waals surface area contributed by atoms with Crippen LogP contribution in [0.25, 0.3) is 0 Å². The first kappa shape index (κ1) is 21.1. The van der Waals surface area contributed by atoms with Crippen LogP contribution < -0.4 is 15.4 Å². The van der Waals surface area contributed by atoms with Gasteiger partial charge in [0.25, 0.3) is 0 Å². The molecule has 0 unspecified atom stereocenters. The molecule has 3 rings (SSSR count). The number of amides is 2. The van der Waals surface area contributed by atoms with E-state index in [1.54, 1.807) is 6.07 Å². The summed E-state index contributed by atoms with van der Waals surface area (Å²) in [5.74, 6) is -0.597. The first-order valence-corrected chi connectivity index (χ1v) is 9.94. The van der Waals surface area contributed by atoms with Crippen molar-refractivity contribution in [2.24, 2.45) is 0 Å². The van der Waals surface area contributed by atoms with E-state index < -0.39 is 11.8 Å². The van der Waals surface area contributed by atoms with E-state index in [4.69, 9.17) is 4.74 Å². The molecule has 0 saturated heterocycles. The smallest absolute Gasteiger partial charge is 0.313 e. The van der Waals surface area contributed by atoms with Gasteiger partial charge < -0.3 is 15.4 Å². The molecule has 5 nitrogen and oxygen atoms in total. The fraction of sp³-hybridized carbons (Fsp3) is 0.200. The molecule has 2 amide bonds. The summed E-state index contributed by atoms with van der Waals surface area (Å²) < 4.78 is 5.85. The van der Waals surface area contributed by atoms with Gasteiger partial charge in [0, 0.05) is 12.1 Å². The minimum Gasteiger partial charge on any atom is -0.491 e. The van der Waals surface area contributed by atoms with Crippen molar-refractivity contribution in [3.8, 4) is 5.75 Å². The number of carbonyl (C=O) groups excluding carboxylic acids is 2. The van der Waals surface area contributed by atoms with Crippen LogP contribution in [-0.2, 0) is 16.0 Å². The highest BCUT2D eigenvalue weighted by molar-refractivity contribution is 6.39. The summed E-state index contributed by atoms with van der Waals surface area (Å²) in [6.45, 7) is 4.37. The van der Waals surface area contributed by atoms with Gasteiger partial charge in [0.1, 0.15) is 12.4 Å². The summed E-state index contributed by atoms with van der Waals surface area (Å²) in [4.78, 5) is 24.2. The molecule has 0 aromatic heterocycles. The molecule has 0 aliphatic carbocycles. The highest BCUT2D eigenvalue weighted by Gasteiger charge is 2.14. The van der Waals surface area contributed by atoms with Gasteiger partial charge in [-0.25, -0.2) is 0 Å². The standard InChI is InChI=1S/C25H26N2O3/c1-18-9-8-13-22(19(18)2)27-25(29)24(28)26-15-16-30-23-14-7-6-12-21(23)17-20-10-4-3-5-11-20/h3-14H,15-17H2,1-2H3,(H,26,28)(H,27,29). The number of ether oxygens (including phenoxy) is 1. The van der Waals surface area contributed by atoms with Crippen LogP contribution in [0.3, 0.4) is 0 Å². The van der Waals surface area contributed by atoms with Crippen LogP contribution in [0, 0.1) is 13.8 Å². The van der Waals surface area contributed by atoms with Crippen molar-refractivity contribution < 1.29 is 14.3 Å². The molecule has 30 heavy (non-hydrogen) atoms. The second kappa shape index (κ2) is 10.3. The summed E-state index contributed by atoms with van der Waals surface area (Å²) in [7, 11) is 0. The van der Waals surface area contributed by atoms with E-state index in [9.17, 15) is 9.59 Å². The molecule has 0 aliphatic heterocycles. The molecular weight excluding hydrogens is 376 g/mol. The largest absolute Gasteiger partial charge is 0.491 e. The van der Waals surface area contributed by atoms with Crippen LogP contribution >= 0.6 is 0 Å². The number of nitrogens with one attached hydrogen (secondary N) is 2. The van der Waals surface area contributed by atoms with Crippen LogP contribution in [0.2, 0.25) is 0 Å². The summed E-state index contributed by atoms with van der Waals surface area (Å²) in [5, 5.41) is 5.25. The Labute approximate surface area is 177 Å². The third kappa shape index (κ3) is 5.70. The predicted octanol–water partition coefficient (Wildman–Crippen LogP) is 4.03. The van der Waals surface area contributed by atoms with Gasteiger partial charge in [-0.2, -0.15) is 0 Å². The molecular formula is C25H26N2O3. The van der Waals surface area contributed by atoms with Gasteiger partial charge in [-0.15, -0.1) is 0 Å². The topological polar surface area (TPSA) is 67.4 Å². The molecule has 2 N–H and O–H groups in total. The van der Waals surface area contributed by atoms with E-state index in [0.717, 1.165) is 28.9 Å². The van der Waals surface area contributed by atoms with Crippen LogP contribution in [0.5, 0.6) is 5.75 Å². The molecule has 0 aliphatic rings. The summed E-state index contributed by atoms with van der Waals surface area (Å²) in [6.07, 6.45) is 0.765. The minimum absolute atomic E-state index is 0.235. The SMILES string of the molecule is Cc1cccc(NC(=O)C(=O)NCCOc2ccccc2Cc2ccccc2)c1C. The Bertz CT molecular complexity index is 1020. The zero-order chi connectivity index (χ0) is 21.3. The van der Waals surface area contributed by atoms with Crippen LogP contribution in [-0.4, -0.2) is 25.0 Å². The molecule has 0 fully saturated rings. The molecule has 154 valence electrons. The summed E-state index contributed by atoms with van der Waals surface area (Å²) in [5.41, 5.74) is 4.90. The lowest BCUT2D eigenvalue weighted by atomic mass is 10.0. The van der Waals surface area contributed by atoms with Gasteiger partial charge in [-0.05, 0) is 48.2 Å². The molecule has 0 saturated carbocycles. The number of hydrogen-bond acceptors (Lipinski definition) is 3. The van der Waals surface area contributed by atoms with Crippen molar-refractivity contribution in [1.29, 1.82) is 0 Å². The van der Waals surface area contributed by atoms with Gasteiger partial charge in [-0.3, -0.25) is 9.59 Å². The van der Waals surface area contributed by atoms with Gasteiger partial charge in [0.05, 0.1) is 6.54 Å². The Kier molecular flexibility index (Phi) is 7.22. The van der Waals surface area contributed by atoms with Crippen LogP contribution in [0.4, 0.5) is 5.69 Å². The number of rotatable bonds is 7. The van der Waals surface area contributed by atoms with E-state index in [0.29, 0.717) is 5.69 Å². The van der Waals surface area contributed by atoms with E-state index in [2.05, 4.69) is 22.8 Å². The van der Waals surface area contributed by atoms with Crippen molar-refractivity contribution in [3.63, 3.8) is 0 Å². The van der Waals surface area contributed by atoms with Crippen molar-refractivity contribution >= 4 is 17.5 Å². The number of aryl methyl sites for hydroxylation is 1. The highest BCUT2D eigenvalue weighted by atomic mass is 16.5. The fourth-order valence-corrected chi connectivity index (χ4v) is 3.08. The molecule has 5 heteroatoms. The maximum absolute atomic E-state index is 12.1. The van der Waals surface area contributed by atoms with Gasteiger partial charge in [0.15, 0.2) is 0 Å². The molecule has 3 aromatic carbocycles. The molecule has 0 spiro atoms. The quantitative estimate of drug-likeness (QED) is 0.463. The van der Waals surface area contributed by atoms with E-state index >= 15 is 0 Å². The van der Waals surface area contributed by atoms with E-state index in [1.807, 2.05) is 68.4 Å². The lowest BCUT2D eigenvalue weighted by Crippen LogP contribution is -2.37. The van der Waals surface area contributed by atoms with Gasteiger partial charge in [-0.1, -0.05) is 60.7 Å². The second-order valence-electron chi connectivity index (χ2n) is 7.08. The highest BCUT2D eigenvalue weighted by Crippen LogP contribution is 2.21. The third-order valence-corrected chi connectivity index (χ3v) is 4.91. The lowest BCUT2D eigenvalue weighted by Gasteiger charge is -2.13. The van der Waals surface area contributed by atoms with Crippen molar-refractivity contribution in [2.45, 2.75) is 20.3 Å². The normalized spacial score (nSPS) is 10.3. The summed E-state index contributed by atoms with van der Waals surface area (Å²) in [6, 6.07) is 23.6. The minimum atomic E-state index is -0.687. The second-order valence-corrected chi connectivity index (χ2v) is 7.08. The number of benzene rings is 3. The zero-order valence-corrected chi connectivity index (χ0v) is 17.3. The Balaban J connectivity index is 1.48. The van der Waals surface area contributed by atoms with E-state index in [1.165, 1.54) is 5.56 Å². The summed E-state index contributed by atoms with van der Waals surface area (Å²) >= 11 is 0. The average molecular weight is 402 g/mol. The molecule has 0 radical (unpaired) electrons. The molecule has 0 atom stereocenters. The Morgan fingerprint density at radius 1 is 0.833 bits per heavy atom. The zero-order valence-electron chi connectivity index (χ0n) is 17.3. The van der Waals surface area contributed by atoms with Gasteiger partial charge in [0.2, 0.25) is 0 Å². The first-order chi connectivity index (χ1) is 14.5. The predicted molar refractivity (Wildman–Crippen MR) is 119 cm³/mol. The first-order valence-electron chi connectivity index (χ1n) is 9.94. The van der Waals surface area contributed by atoms with Crippen molar-refractivity contribution in [3.05, 3.63) is 95.1 Å². The lowest BCUT2D eigenvalue weighted by molar-refractivity contribution is -0.136. The Hall–Kier alpha value is -3.60. The maximum atomic E-state index is 12.1. The maximum Gasteiger partial charge on any atom is 0.313 e. The third-order valence-electron chi connectivity index (χ3n) is 4.91. The number of para-hydroxylation sites is 1. The number of anilines is 1. The average Bonchev–Trinajstić information content (AvgIpc) is 2.76. The number of carbonyl (C=O) groups is 2. The van der Waals surface area contributed by atoms with Crippen LogP contribution in [0.1, 0.15) is 22.3 Å². The monoisotopic (exact) mass is 402 g/mol. The van der Waals surface area contributed by atoms with Crippen molar-refractivity contribution in [1.82, 2.24) is 5.32 Å². The van der Waals surface area contributed by atoms with Crippen molar-refractivity contribution in [2.75, 3.05) is 18.5 Å².